The van der Waals surface area contributed by atoms with Crippen molar-refractivity contribution in [3.8, 4) is 0 Å². The van der Waals surface area contributed by atoms with Gasteiger partial charge in [-0.25, -0.2) is 13.0 Å². The zero-order chi connectivity index (χ0) is 16.4. The van der Waals surface area contributed by atoms with Crippen molar-refractivity contribution < 1.29 is 17.8 Å². The van der Waals surface area contributed by atoms with Gasteiger partial charge in [-0.05, 0) is 24.1 Å². The van der Waals surface area contributed by atoms with Gasteiger partial charge in [-0.3, -0.25) is 4.79 Å². The van der Waals surface area contributed by atoms with Crippen LogP contribution in [0.1, 0.15) is 22.3 Å². The van der Waals surface area contributed by atoms with E-state index in [9.17, 15) is 13.2 Å². The number of Topliss-reactive ketones (excluding diaryl/α,β-unsaturated/α-hetero) is 1. The van der Waals surface area contributed by atoms with Crippen LogP contribution < -0.4 is 4.57 Å². The molecule has 0 radical (unpaired) electrons. The maximum absolute atomic E-state index is 12.4. The summed E-state index contributed by atoms with van der Waals surface area (Å²) in [5.41, 5.74) is 1.28. The molecule has 2 heterocycles. The second-order valence-electron chi connectivity index (χ2n) is 5.33. The van der Waals surface area contributed by atoms with Crippen molar-refractivity contribution in [2.75, 3.05) is 0 Å². The largest absolute Gasteiger partial charge is 0.288 e. The Labute approximate surface area is 135 Å². The van der Waals surface area contributed by atoms with E-state index in [1.54, 1.807) is 18.2 Å². The lowest BCUT2D eigenvalue weighted by molar-refractivity contribution is -0.671. The lowest BCUT2D eigenvalue weighted by Crippen LogP contribution is -2.25. The number of fused-ring (bicyclic) bond motifs is 1. The van der Waals surface area contributed by atoms with Gasteiger partial charge in [0.2, 0.25) is 15.6 Å². The minimum Gasteiger partial charge on any atom is -0.288 e. The molecule has 0 saturated carbocycles. The molecule has 1 aliphatic heterocycles. The molecule has 1 aromatic heterocycles. The van der Waals surface area contributed by atoms with Gasteiger partial charge in [0, 0.05) is 17.7 Å². The van der Waals surface area contributed by atoms with Crippen molar-refractivity contribution >= 4 is 21.7 Å². The second kappa shape index (κ2) is 5.93. The van der Waals surface area contributed by atoms with Crippen LogP contribution in [0.4, 0.5) is 0 Å². The summed E-state index contributed by atoms with van der Waals surface area (Å²) in [5, 5.41) is 0. The average molecular weight is 326 g/mol. The maximum atomic E-state index is 12.4. The van der Waals surface area contributed by atoms with Crippen molar-refractivity contribution in [1.29, 1.82) is 0 Å². The molecule has 2 aromatic rings. The number of ketones is 1. The first kappa shape index (κ1) is 15.4. The number of benzene rings is 1. The maximum Gasteiger partial charge on any atom is 0.210 e. The van der Waals surface area contributed by atoms with Gasteiger partial charge in [0.1, 0.15) is 12.0 Å². The molecular weight excluding hydrogens is 310 g/mol. The van der Waals surface area contributed by atoms with Crippen LogP contribution in [0.3, 0.4) is 0 Å². The van der Waals surface area contributed by atoms with Gasteiger partial charge in [-0.15, -0.1) is 0 Å². The molecule has 0 amide bonds. The summed E-state index contributed by atoms with van der Waals surface area (Å²) >= 11 is 0. The zero-order valence-corrected chi connectivity index (χ0v) is 13.5. The van der Waals surface area contributed by atoms with E-state index < -0.39 is 15.6 Å². The highest BCUT2D eigenvalue weighted by Crippen LogP contribution is 2.33. The van der Waals surface area contributed by atoms with Gasteiger partial charge in [0.25, 0.3) is 0 Å². The summed E-state index contributed by atoms with van der Waals surface area (Å²) < 4.78 is 26.7. The summed E-state index contributed by atoms with van der Waals surface area (Å²) in [6.07, 6.45) is 9.47. The summed E-state index contributed by atoms with van der Waals surface area (Å²) in [6.45, 7) is 0. The highest BCUT2D eigenvalue weighted by molar-refractivity contribution is 7.97. The van der Waals surface area contributed by atoms with Gasteiger partial charge in [-0.1, -0.05) is 30.4 Å². The van der Waals surface area contributed by atoms with E-state index >= 15 is 0 Å². The van der Waals surface area contributed by atoms with Crippen LogP contribution in [0.2, 0.25) is 0 Å². The van der Waals surface area contributed by atoms with Gasteiger partial charge in [0.15, 0.2) is 12.4 Å². The fraction of sp³-hybridized carbons (Fsp3) is 0.111. The number of carbonyl (C=O) groups is 1. The van der Waals surface area contributed by atoms with E-state index in [0.717, 1.165) is 5.56 Å². The topological polar surface area (TPSA) is 55.1 Å². The third kappa shape index (κ3) is 2.87. The fourth-order valence-corrected chi connectivity index (χ4v) is 4.08. The number of sulfone groups is 1. The van der Waals surface area contributed by atoms with Crippen LogP contribution in [0.15, 0.2) is 70.7 Å². The zero-order valence-electron chi connectivity index (χ0n) is 12.6. The van der Waals surface area contributed by atoms with Crippen LogP contribution in [0, 0.1) is 0 Å². The van der Waals surface area contributed by atoms with Crippen LogP contribution in [0.5, 0.6) is 0 Å². The Morgan fingerprint density at radius 3 is 2.48 bits per heavy atom. The van der Waals surface area contributed by atoms with E-state index in [0.29, 0.717) is 6.42 Å². The molecule has 23 heavy (non-hydrogen) atoms. The highest BCUT2D eigenvalue weighted by Gasteiger charge is 2.38. The molecule has 0 atom stereocenters. The molecule has 1 aliphatic rings. The Bertz CT molecular complexity index is 923. The average Bonchev–Trinajstić information content (AvgIpc) is 2.74. The standard InChI is InChI=1S/C18H16NO3S/c1-19-12-10-14(11-13-19)6-2-4-9-17-18(20)15-7-3-5-8-16(15)23(17,21)22/h2-3,5-13H,4H2,1H3/q+1/b6-2+,17-9-. The minimum atomic E-state index is -3.67. The van der Waals surface area contributed by atoms with Crippen LogP contribution in [-0.2, 0) is 16.9 Å². The lowest BCUT2D eigenvalue weighted by atomic mass is 10.1. The monoisotopic (exact) mass is 326 g/mol. The number of hydrogen-bond acceptors (Lipinski definition) is 3. The van der Waals surface area contributed by atoms with E-state index in [1.165, 1.54) is 12.1 Å². The molecule has 0 bridgehead atoms. The summed E-state index contributed by atoms with van der Waals surface area (Å²) in [7, 11) is -1.74. The smallest absolute Gasteiger partial charge is 0.210 e. The first-order chi connectivity index (χ1) is 11.0. The van der Waals surface area contributed by atoms with Crippen LogP contribution >= 0.6 is 0 Å². The Balaban J connectivity index is 1.81. The van der Waals surface area contributed by atoms with Crippen molar-refractivity contribution in [3.63, 3.8) is 0 Å². The van der Waals surface area contributed by atoms with Gasteiger partial charge < -0.3 is 0 Å². The highest BCUT2D eigenvalue weighted by atomic mass is 32.2. The molecule has 0 saturated heterocycles. The molecule has 0 unspecified atom stereocenters. The molecule has 5 heteroatoms. The number of aryl methyl sites for hydroxylation is 1. The van der Waals surface area contributed by atoms with Crippen molar-refractivity contribution in [2.45, 2.75) is 11.3 Å². The predicted molar refractivity (Wildman–Crippen MR) is 87.3 cm³/mol. The SMILES string of the molecule is C[n+]1ccc(/C=C/C/C=C2/C(=O)c3ccccc3S2(=O)=O)cc1. The lowest BCUT2D eigenvalue weighted by Gasteiger charge is -1.95. The van der Waals surface area contributed by atoms with Gasteiger partial charge in [-0.2, -0.15) is 0 Å². The van der Waals surface area contributed by atoms with E-state index in [4.69, 9.17) is 0 Å². The summed E-state index contributed by atoms with van der Waals surface area (Å²) in [4.78, 5) is 12.2. The summed E-state index contributed by atoms with van der Waals surface area (Å²) in [5.74, 6) is -0.416. The Morgan fingerprint density at radius 2 is 1.78 bits per heavy atom. The molecule has 0 spiro atoms. The number of pyridine rings is 1. The predicted octanol–water partition coefficient (Wildman–Crippen LogP) is 2.47. The second-order valence-corrected chi connectivity index (χ2v) is 7.22. The molecule has 0 aliphatic carbocycles. The Kier molecular flexibility index (Phi) is 3.96. The third-order valence-corrected chi connectivity index (χ3v) is 5.55. The molecule has 3 rings (SSSR count). The molecule has 1 aromatic carbocycles. The molecule has 4 nitrogen and oxygen atoms in total. The molecule has 116 valence electrons. The first-order valence-corrected chi connectivity index (χ1v) is 8.69. The molecule has 0 fully saturated rings. The quantitative estimate of drug-likeness (QED) is 0.643. The van der Waals surface area contributed by atoms with Crippen LogP contribution in [0.25, 0.3) is 6.08 Å². The number of carbonyl (C=O) groups excluding carboxylic acids is 1. The number of nitrogens with zero attached hydrogens (tertiary/aromatic N) is 1. The van der Waals surface area contributed by atoms with Crippen LogP contribution in [-0.4, -0.2) is 14.2 Å². The number of aromatic nitrogens is 1. The number of allylic oxidation sites excluding steroid dienone is 3. The first-order valence-electron chi connectivity index (χ1n) is 7.21. The van der Waals surface area contributed by atoms with E-state index in [1.807, 2.05) is 48.3 Å². The third-order valence-electron chi connectivity index (χ3n) is 3.69. The van der Waals surface area contributed by atoms with Crippen molar-refractivity contribution in [3.05, 3.63) is 77.0 Å². The van der Waals surface area contributed by atoms with E-state index in [2.05, 4.69) is 0 Å². The number of hydrogen-bond donors (Lipinski definition) is 0. The summed E-state index contributed by atoms with van der Waals surface area (Å²) in [6, 6.07) is 10.2. The number of rotatable bonds is 3. The van der Waals surface area contributed by atoms with Crippen molar-refractivity contribution in [2.24, 2.45) is 7.05 Å². The van der Waals surface area contributed by atoms with Gasteiger partial charge >= 0.3 is 0 Å². The van der Waals surface area contributed by atoms with E-state index in [-0.39, 0.29) is 15.4 Å². The minimum absolute atomic E-state index is 0.107. The Hall–Kier alpha value is -2.53. The fourth-order valence-electron chi connectivity index (χ4n) is 2.47. The van der Waals surface area contributed by atoms with Crippen molar-refractivity contribution in [1.82, 2.24) is 0 Å². The van der Waals surface area contributed by atoms with Gasteiger partial charge in [0.05, 0.1) is 4.90 Å². The molecular formula is C18H16NO3S+. The Morgan fingerprint density at radius 1 is 1.09 bits per heavy atom. The normalized spacial score (nSPS) is 17.8. The molecule has 0 N–H and O–H groups in total.